The number of aliphatic hydroxyl groups is 1. The lowest BCUT2D eigenvalue weighted by atomic mass is 9.85. The summed E-state index contributed by atoms with van der Waals surface area (Å²) in [5.41, 5.74) is -0.850. The van der Waals surface area contributed by atoms with Gasteiger partial charge in [0.25, 0.3) is 0 Å². The van der Waals surface area contributed by atoms with Crippen LogP contribution in [0.5, 0.6) is 0 Å². The number of hydrogen-bond donors (Lipinski definition) is 2. The molecule has 2 nitrogen and oxygen atoms in total. The molecule has 0 atom stereocenters. The Balaban J connectivity index is 2.50. The molecule has 1 rings (SSSR count). The Morgan fingerprint density at radius 3 is 1.92 bits per heavy atom. The van der Waals surface area contributed by atoms with Crippen LogP contribution in [0.15, 0.2) is 0 Å². The largest absolute Gasteiger partial charge is 0.389 e. The minimum absolute atomic E-state index is 0.192. The lowest BCUT2D eigenvalue weighted by Crippen LogP contribution is -2.58. The molecule has 1 aliphatic carbocycles. The van der Waals surface area contributed by atoms with Crippen LogP contribution in [-0.4, -0.2) is 22.3 Å². The maximum absolute atomic E-state index is 9.94. The summed E-state index contributed by atoms with van der Waals surface area (Å²) in [6.45, 7) is 7.89. The van der Waals surface area contributed by atoms with Crippen LogP contribution in [0.4, 0.5) is 0 Å². The molecule has 0 heterocycles. The van der Waals surface area contributed by atoms with Crippen LogP contribution in [0.3, 0.4) is 0 Å². The fraction of sp³-hybridized carbons (Fsp3) is 1.00. The van der Waals surface area contributed by atoms with Gasteiger partial charge in [-0.3, -0.25) is 0 Å². The van der Waals surface area contributed by atoms with Crippen molar-refractivity contribution < 1.29 is 5.11 Å². The molecule has 0 amide bonds. The second-order valence-electron chi connectivity index (χ2n) is 5.31. The van der Waals surface area contributed by atoms with Crippen LogP contribution in [0.1, 0.15) is 53.4 Å². The first-order chi connectivity index (χ1) is 5.83. The zero-order chi connectivity index (χ0) is 10.1. The Hall–Kier alpha value is -0.0800. The third-order valence-electron chi connectivity index (χ3n) is 3.45. The molecule has 0 aromatic heterocycles. The van der Waals surface area contributed by atoms with Gasteiger partial charge in [-0.2, -0.15) is 0 Å². The second-order valence-corrected chi connectivity index (χ2v) is 5.31. The van der Waals surface area contributed by atoms with E-state index in [9.17, 15) is 5.11 Å². The van der Waals surface area contributed by atoms with Gasteiger partial charge in [-0.25, -0.2) is 0 Å². The maximum atomic E-state index is 9.94. The van der Waals surface area contributed by atoms with Gasteiger partial charge >= 0.3 is 0 Å². The smallest absolute Gasteiger partial charge is 0.0767 e. The average Bonchev–Trinajstić information content (AvgIpc) is 2.35. The van der Waals surface area contributed by atoms with Gasteiger partial charge in [0.2, 0.25) is 0 Å². The van der Waals surface area contributed by atoms with Crippen molar-refractivity contribution in [2.45, 2.75) is 70.6 Å². The first-order valence-electron chi connectivity index (χ1n) is 5.33. The predicted molar refractivity (Wildman–Crippen MR) is 55.8 cm³/mol. The minimum Gasteiger partial charge on any atom is -0.389 e. The Morgan fingerprint density at radius 2 is 1.54 bits per heavy atom. The topological polar surface area (TPSA) is 32.3 Å². The van der Waals surface area contributed by atoms with Crippen molar-refractivity contribution in [2.75, 3.05) is 0 Å². The molecule has 0 aliphatic heterocycles. The first kappa shape index (κ1) is 11.0. The van der Waals surface area contributed by atoms with Crippen molar-refractivity contribution in [1.82, 2.24) is 5.32 Å². The molecule has 1 aliphatic rings. The van der Waals surface area contributed by atoms with Gasteiger partial charge in [-0.15, -0.1) is 0 Å². The average molecular weight is 185 g/mol. The van der Waals surface area contributed by atoms with Crippen molar-refractivity contribution in [3.8, 4) is 0 Å². The lowest BCUT2D eigenvalue weighted by Gasteiger charge is -2.40. The zero-order valence-corrected chi connectivity index (χ0v) is 9.35. The Labute approximate surface area is 81.7 Å². The molecule has 1 fully saturated rings. The molecule has 2 heteroatoms. The second kappa shape index (κ2) is 3.58. The molecule has 0 saturated heterocycles. The maximum Gasteiger partial charge on any atom is 0.0767 e. The third kappa shape index (κ3) is 2.68. The standard InChI is InChI=1S/C11H23NO/c1-10(2,11(3,4)13)12-9-7-5-6-8-9/h9,12-13H,5-8H2,1-4H3. The van der Waals surface area contributed by atoms with E-state index in [2.05, 4.69) is 19.2 Å². The molecule has 0 unspecified atom stereocenters. The van der Waals surface area contributed by atoms with Gasteiger partial charge < -0.3 is 10.4 Å². The van der Waals surface area contributed by atoms with Crippen molar-refractivity contribution in [1.29, 1.82) is 0 Å². The highest BCUT2D eigenvalue weighted by atomic mass is 16.3. The first-order valence-corrected chi connectivity index (χ1v) is 5.33. The molecule has 0 radical (unpaired) electrons. The molecule has 13 heavy (non-hydrogen) atoms. The van der Waals surface area contributed by atoms with Crippen molar-refractivity contribution >= 4 is 0 Å². The van der Waals surface area contributed by atoms with Crippen LogP contribution in [0.2, 0.25) is 0 Å². The van der Waals surface area contributed by atoms with Gasteiger partial charge in [0, 0.05) is 11.6 Å². The Bertz CT molecular complexity index is 163. The fourth-order valence-corrected chi connectivity index (χ4v) is 1.76. The van der Waals surface area contributed by atoms with Gasteiger partial charge in [0.15, 0.2) is 0 Å². The molecule has 0 bridgehead atoms. The van der Waals surface area contributed by atoms with Gasteiger partial charge in [0.05, 0.1) is 5.60 Å². The monoisotopic (exact) mass is 185 g/mol. The highest BCUT2D eigenvalue weighted by molar-refractivity contribution is 4.96. The molecule has 78 valence electrons. The summed E-state index contributed by atoms with van der Waals surface area (Å²) in [4.78, 5) is 0. The third-order valence-corrected chi connectivity index (χ3v) is 3.45. The van der Waals surface area contributed by atoms with Crippen LogP contribution in [0.25, 0.3) is 0 Å². The van der Waals surface area contributed by atoms with Gasteiger partial charge in [-0.1, -0.05) is 12.8 Å². The summed E-state index contributed by atoms with van der Waals surface area (Å²) >= 11 is 0. The molecule has 0 aromatic rings. The van der Waals surface area contributed by atoms with Crippen LogP contribution in [-0.2, 0) is 0 Å². The highest BCUT2D eigenvalue weighted by Crippen LogP contribution is 2.26. The van der Waals surface area contributed by atoms with E-state index in [0.717, 1.165) is 0 Å². The van der Waals surface area contributed by atoms with E-state index in [1.165, 1.54) is 25.7 Å². The zero-order valence-electron chi connectivity index (χ0n) is 9.35. The summed E-state index contributed by atoms with van der Waals surface area (Å²) in [6.07, 6.45) is 5.19. The van der Waals surface area contributed by atoms with Crippen LogP contribution in [0, 0.1) is 0 Å². The summed E-state index contributed by atoms with van der Waals surface area (Å²) in [6, 6.07) is 0.612. The van der Waals surface area contributed by atoms with E-state index in [1.807, 2.05) is 13.8 Å². The Kier molecular flexibility index (Phi) is 3.03. The van der Waals surface area contributed by atoms with Crippen LogP contribution >= 0.6 is 0 Å². The summed E-state index contributed by atoms with van der Waals surface area (Å²) in [7, 11) is 0. The molecule has 2 N–H and O–H groups in total. The molecule has 0 spiro atoms. The Morgan fingerprint density at radius 1 is 1.08 bits per heavy atom. The normalized spacial score (nSPS) is 21.0. The lowest BCUT2D eigenvalue weighted by molar-refractivity contribution is -0.00966. The molecule has 0 aromatic carbocycles. The summed E-state index contributed by atoms with van der Waals surface area (Å²) in [5, 5.41) is 13.5. The number of rotatable bonds is 3. The van der Waals surface area contributed by atoms with Crippen molar-refractivity contribution in [2.24, 2.45) is 0 Å². The predicted octanol–water partition coefficient (Wildman–Crippen LogP) is 2.07. The molecular weight excluding hydrogens is 162 g/mol. The molecule has 1 saturated carbocycles. The molecular formula is C11H23NO. The van der Waals surface area contributed by atoms with Gasteiger partial charge in [-0.05, 0) is 40.5 Å². The van der Waals surface area contributed by atoms with E-state index in [-0.39, 0.29) is 5.54 Å². The van der Waals surface area contributed by atoms with E-state index in [4.69, 9.17) is 0 Å². The van der Waals surface area contributed by atoms with Crippen molar-refractivity contribution in [3.05, 3.63) is 0 Å². The van der Waals surface area contributed by atoms with E-state index in [0.29, 0.717) is 6.04 Å². The van der Waals surface area contributed by atoms with E-state index in [1.54, 1.807) is 0 Å². The van der Waals surface area contributed by atoms with Gasteiger partial charge in [0.1, 0.15) is 0 Å². The summed E-state index contributed by atoms with van der Waals surface area (Å²) in [5.74, 6) is 0. The number of hydrogen-bond acceptors (Lipinski definition) is 2. The quantitative estimate of drug-likeness (QED) is 0.705. The highest BCUT2D eigenvalue weighted by Gasteiger charge is 2.36. The van der Waals surface area contributed by atoms with Crippen LogP contribution < -0.4 is 5.32 Å². The van der Waals surface area contributed by atoms with Crippen molar-refractivity contribution in [3.63, 3.8) is 0 Å². The SMILES string of the molecule is CC(C)(O)C(C)(C)NC1CCCC1. The number of nitrogens with one attached hydrogen (secondary N) is 1. The minimum atomic E-state index is -0.657. The van der Waals surface area contributed by atoms with E-state index >= 15 is 0 Å². The van der Waals surface area contributed by atoms with E-state index < -0.39 is 5.60 Å². The fourth-order valence-electron chi connectivity index (χ4n) is 1.76. The summed E-state index contributed by atoms with van der Waals surface area (Å²) < 4.78 is 0.